The summed E-state index contributed by atoms with van der Waals surface area (Å²) in [4.78, 5) is 32.0. The highest BCUT2D eigenvalue weighted by Crippen LogP contribution is 2.45. The molecule has 0 aromatic heterocycles. The van der Waals surface area contributed by atoms with Crippen LogP contribution in [0.1, 0.15) is 71.1 Å². The van der Waals surface area contributed by atoms with E-state index in [0.29, 0.717) is 11.3 Å². The number of methoxy groups -OCH3 is 1. The van der Waals surface area contributed by atoms with Crippen LogP contribution < -0.4 is 4.74 Å². The fraction of sp³-hybridized carbons (Fsp3) is 0.355. The van der Waals surface area contributed by atoms with Gasteiger partial charge in [-0.3, -0.25) is 9.59 Å². The standard InChI is InChI=1S/C31H33FN2O3/c1-33(24-8-4-3-5-9-24)31(36)28-26-10-6-7-11-27(26)30(35)34(20-21-12-16-23(32)17-13-21)29(28)22-14-18-25(37-2)19-15-22/h6-7,10-19,24,28-29H,3-5,8-9,20H2,1-2H3/t28-,29+/m0/s1. The van der Waals surface area contributed by atoms with E-state index in [1.807, 2.05) is 54.4 Å². The van der Waals surface area contributed by atoms with Crippen LogP contribution in [0.2, 0.25) is 0 Å². The van der Waals surface area contributed by atoms with Crippen LogP contribution in [0, 0.1) is 5.82 Å². The van der Waals surface area contributed by atoms with Crippen LogP contribution in [0.4, 0.5) is 4.39 Å². The van der Waals surface area contributed by atoms with Crippen LogP contribution in [0.3, 0.4) is 0 Å². The zero-order chi connectivity index (χ0) is 25.9. The summed E-state index contributed by atoms with van der Waals surface area (Å²) in [6.07, 6.45) is 5.46. The van der Waals surface area contributed by atoms with Gasteiger partial charge in [0.05, 0.1) is 19.1 Å². The van der Waals surface area contributed by atoms with E-state index in [4.69, 9.17) is 4.74 Å². The van der Waals surface area contributed by atoms with Crippen molar-refractivity contribution in [3.05, 3.63) is 101 Å². The molecule has 0 saturated heterocycles. The fourth-order valence-electron chi connectivity index (χ4n) is 5.86. The van der Waals surface area contributed by atoms with Crippen molar-refractivity contribution in [2.75, 3.05) is 14.2 Å². The molecule has 1 fully saturated rings. The summed E-state index contributed by atoms with van der Waals surface area (Å²) in [5, 5.41) is 0. The number of fused-ring (bicyclic) bond motifs is 1. The van der Waals surface area contributed by atoms with Gasteiger partial charge in [-0.2, -0.15) is 0 Å². The first-order valence-corrected chi connectivity index (χ1v) is 13.0. The van der Waals surface area contributed by atoms with Gasteiger partial charge in [-0.15, -0.1) is 0 Å². The molecule has 1 aliphatic heterocycles. The molecule has 3 aromatic carbocycles. The summed E-state index contributed by atoms with van der Waals surface area (Å²) >= 11 is 0. The molecule has 2 atom stereocenters. The summed E-state index contributed by atoms with van der Waals surface area (Å²) < 4.78 is 19.0. The number of halogens is 1. The van der Waals surface area contributed by atoms with E-state index < -0.39 is 12.0 Å². The molecule has 192 valence electrons. The first-order valence-electron chi connectivity index (χ1n) is 13.0. The van der Waals surface area contributed by atoms with Crippen molar-refractivity contribution in [1.29, 1.82) is 0 Å². The highest BCUT2D eigenvalue weighted by molar-refractivity contribution is 6.01. The van der Waals surface area contributed by atoms with Crippen LogP contribution in [-0.2, 0) is 11.3 Å². The predicted molar refractivity (Wildman–Crippen MR) is 141 cm³/mol. The van der Waals surface area contributed by atoms with Gasteiger partial charge in [0.1, 0.15) is 11.6 Å². The Labute approximate surface area is 217 Å². The number of ether oxygens (including phenoxy) is 1. The van der Waals surface area contributed by atoms with Gasteiger partial charge in [-0.1, -0.05) is 61.7 Å². The third kappa shape index (κ3) is 4.97. The van der Waals surface area contributed by atoms with Gasteiger partial charge in [0.25, 0.3) is 5.91 Å². The summed E-state index contributed by atoms with van der Waals surface area (Å²) in [7, 11) is 3.52. The van der Waals surface area contributed by atoms with Gasteiger partial charge in [0, 0.05) is 25.2 Å². The van der Waals surface area contributed by atoms with Gasteiger partial charge in [0.15, 0.2) is 0 Å². The van der Waals surface area contributed by atoms with E-state index >= 15 is 0 Å². The van der Waals surface area contributed by atoms with Crippen molar-refractivity contribution in [3.8, 4) is 5.75 Å². The van der Waals surface area contributed by atoms with Crippen molar-refractivity contribution in [2.24, 2.45) is 0 Å². The lowest BCUT2D eigenvalue weighted by Gasteiger charge is -2.44. The van der Waals surface area contributed by atoms with Crippen LogP contribution in [0.25, 0.3) is 0 Å². The molecule has 5 nitrogen and oxygen atoms in total. The van der Waals surface area contributed by atoms with E-state index in [-0.39, 0.29) is 30.2 Å². The fourth-order valence-corrected chi connectivity index (χ4v) is 5.86. The quantitative estimate of drug-likeness (QED) is 0.411. The largest absolute Gasteiger partial charge is 0.497 e. The molecule has 0 N–H and O–H groups in total. The maximum Gasteiger partial charge on any atom is 0.255 e. The Morgan fingerprint density at radius 1 is 0.973 bits per heavy atom. The lowest BCUT2D eigenvalue weighted by Crippen LogP contribution is -2.49. The minimum Gasteiger partial charge on any atom is -0.497 e. The molecular weight excluding hydrogens is 467 g/mol. The Kier molecular flexibility index (Phi) is 7.26. The Balaban J connectivity index is 1.62. The molecule has 1 aliphatic carbocycles. The number of rotatable bonds is 6. The molecule has 2 amide bonds. The van der Waals surface area contributed by atoms with Gasteiger partial charge in [0.2, 0.25) is 5.91 Å². The third-order valence-corrected chi connectivity index (χ3v) is 7.90. The molecule has 0 spiro atoms. The smallest absolute Gasteiger partial charge is 0.255 e. The lowest BCUT2D eigenvalue weighted by atomic mass is 9.78. The Morgan fingerprint density at radius 2 is 1.65 bits per heavy atom. The van der Waals surface area contributed by atoms with Crippen LogP contribution in [0.15, 0.2) is 72.8 Å². The van der Waals surface area contributed by atoms with E-state index in [2.05, 4.69) is 0 Å². The third-order valence-electron chi connectivity index (χ3n) is 7.90. The number of carbonyl (C=O) groups excluding carboxylic acids is 2. The minimum absolute atomic E-state index is 0.0248. The number of hydrogen-bond acceptors (Lipinski definition) is 3. The van der Waals surface area contributed by atoms with Crippen molar-refractivity contribution < 1.29 is 18.7 Å². The van der Waals surface area contributed by atoms with Crippen LogP contribution in [-0.4, -0.2) is 41.8 Å². The van der Waals surface area contributed by atoms with E-state index in [1.165, 1.54) is 18.6 Å². The first kappa shape index (κ1) is 25.0. The van der Waals surface area contributed by atoms with Gasteiger partial charge >= 0.3 is 0 Å². The monoisotopic (exact) mass is 500 g/mol. The van der Waals surface area contributed by atoms with Crippen LogP contribution in [0.5, 0.6) is 5.75 Å². The van der Waals surface area contributed by atoms with Crippen molar-refractivity contribution in [1.82, 2.24) is 9.80 Å². The highest BCUT2D eigenvalue weighted by Gasteiger charge is 2.45. The molecule has 6 heteroatoms. The summed E-state index contributed by atoms with van der Waals surface area (Å²) in [6.45, 7) is 0.265. The van der Waals surface area contributed by atoms with Crippen LogP contribution >= 0.6 is 0 Å². The van der Waals surface area contributed by atoms with Gasteiger partial charge in [-0.05, 0) is 59.9 Å². The molecule has 2 aliphatic rings. The van der Waals surface area contributed by atoms with Crippen molar-refractivity contribution in [2.45, 2.75) is 56.7 Å². The molecule has 3 aromatic rings. The number of hydrogen-bond donors (Lipinski definition) is 0. The Hall–Kier alpha value is -3.67. The summed E-state index contributed by atoms with van der Waals surface area (Å²) in [5.41, 5.74) is 2.97. The molecular formula is C31H33FN2O3. The zero-order valence-electron chi connectivity index (χ0n) is 21.4. The number of likely N-dealkylation sites (N-methyl/N-ethyl adjacent to an activating group) is 1. The predicted octanol–water partition coefficient (Wildman–Crippen LogP) is 6.11. The number of carbonyl (C=O) groups is 2. The average Bonchev–Trinajstić information content (AvgIpc) is 2.95. The molecule has 1 saturated carbocycles. The number of nitrogens with zero attached hydrogens (tertiary/aromatic N) is 2. The normalized spacial score (nSPS) is 19.9. The second-order valence-electron chi connectivity index (χ2n) is 10.1. The zero-order valence-corrected chi connectivity index (χ0v) is 21.4. The Bertz CT molecular complexity index is 1250. The van der Waals surface area contributed by atoms with E-state index in [0.717, 1.165) is 42.4 Å². The molecule has 1 heterocycles. The van der Waals surface area contributed by atoms with Crippen molar-refractivity contribution >= 4 is 11.8 Å². The number of benzene rings is 3. The summed E-state index contributed by atoms with van der Waals surface area (Å²) in [6, 6.07) is 20.9. The molecule has 0 unspecified atom stereocenters. The van der Waals surface area contributed by atoms with E-state index in [1.54, 1.807) is 30.2 Å². The highest BCUT2D eigenvalue weighted by atomic mass is 19.1. The lowest BCUT2D eigenvalue weighted by molar-refractivity contribution is -0.136. The first-order chi connectivity index (χ1) is 18.0. The van der Waals surface area contributed by atoms with Gasteiger partial charge < -0.3 is 14.5 Å². The van der Waals surface area contributed by atoms with Gasteiger partial charge in [-0.25, -0.2) is 4.39 Å². The van der Waals surface area contributed by atoms with Crippen molar-refractivity contribution in [3.63, 3.8) is 0 Å². The minimum atomic E-state index is -0.560. The molecule has 0 bridgehead atoms. The molecule has 0 radical (unpaired) electrons. The SMILES string of the molecule is COc1ccc([C@@H]2[C@@H](C(=O)N(C)C3CCCCC3)c3ccccc3C(=O)N2Cc2ccc(F)cc2)cc1. The summed E-state index contributed by atoms with van der Waals surface area (Å²) in [5.74, 6) is -0.289. The number of amides is 2. The van der Waals surface area contributed by atoms with E-state index in [9.17, 15) is 14.0 Å². The Morgan fingerprint density at radius 3 is 2.32 bits per heavy atom. The average molecular weight is 501 g/mol. The second-order valence-corrected chi connectivity index (χ2v) is 10.1. The molecule has 5 rings (SSSR count). The maximum absolute atomic E-state index is 14.3. The topological polar surface area (TPSA) is 49.9 Å². The molecule has 37 heavy (non-hydrogen) atoms. The second kappa shape index (κ2) is 10.8. The maximum atomic E-state index is 14.3.